The van der Waals surface area contributed by atoms with E-state index in [1.807, 2.05) is 9.20 Å². The SMILES string of the molecule is CC(C)(C)c1cn2nc(N3CCCC3Cn3cncn3)sc2n1. The van der Waals surface area contributed by atoms with E-state index in [2.05, 4.69) is 42.0 Å². The van der Waals surface area contributed by atoms with Gasteiger partial charge in [0.1, 0.15) is 12.7 Å². The molecule has 1 aliphatic rings. The number of nitrogens with zero attached hydrogens (tertiary/aromatic N) is 7. The fraction of sp³-hybridized carbons (Fsp3) is 0.600. The van der Waals surface area contributed by atoms with Gasteiger partial charge in [-0.15, -0.1) is 5.10 Å². The summed E-state index contributed by atoms with van der Waals surface area (Å²) in [5.41, 5.74) is 1.14. The molecule has 1 saturated heterocycles. The minimum absolute atomic E-state index is 0.0524. The van der Waals surface area contributed by atoms with Gasteiger partial charge in [-0.3, -0.25) is 4.68 Å². The van der Waals surface area contributed by atoms with Crippen LogP contribution in [-0.4, -0.2) is 41.9 Å². The van der Waals surface area contributed by atoms with E-state index < -0.39 is 0 Å². The molecule has 0 N–H and O–H groups in total. The van der Waals surface area contributed by atoms with Crippen molar-refractivity contribution in [2.45, 2.75) is 51.6 Å². The lowest BCUT2D eigenvalue weighted by Gasteiger charge is -2.23. The van der Waals surface area contributed by atoms with Crippen molar-refractivity contribution in [1.82, 2.24) is 29.4 Å². The van der Waals surface area contributed by atoms with Crippen molar-refractivity contribution >= 4 is 21.4 Å². The van der Waals surface area contributed by atoms with Gasteiger partial charge in [0.2, 0.25) is 10.1 Å². The summed E-state index contributed by atoms with van der Waals surface area (Å²) in [6.45, 7) is 8.43. The van der Waals surface area contributed by atoms with Crippen molar-refractivity contribution in [3.05, 3.63) is 24.5 Å². The van der Waals surface area contributed by atoms with Crippen LogP contribution in [0, 0.1) is 0 Å². The van der Waals surface area contributed by atoms with E-state index in [1.54, 1.807) is 24.0 Å². The predicted octanol–water partition coefficient (Wildman–Crippen LogP) is 2.35. The molecule has 0 saturated carbocycles. The second-order valence-corrected chi connectivity index (χ2v) is 8.03. The van der Waals surface area contributed by atoms with Crippen LogP contribution in [0.5, 0.6) is 0 Å². The number of imidazole rings is 1. The highest BCUT2D eigenvalue weighted by molar-refractivity contribution is 7.20. The number of hydrogen-bond donors (Lipinski definition) is 0. The van der Waals surface area contributed by atoms with Crippen molar-refractivity contribution < 1.29 is 0 Å². The molecule has 0 radical (unpaired) electrons. The Kier molecular flexibility index (Phi) is 3.37. The highest BCUT2D eigenvalue weighted by Crippen LogP contribution is 2.32. The first-order valence-corrected chi connectivity index (χ1v) is 8.78. The molecule has 3 aromatic rings. The molecule has 1 fully saturated rings. The van der Waals surface area contributed by atoms with E-state index in [4.69, 9.17) is 10.1 Å². The molecule has 1 atom stereocenters. The van der Waals surface area contributed by atoms with Crippen LogP contribution in [-0.2, 0) is 12.0 Å². The maximum absolute atomic E-state index is 4.76. The third-order valence-electron chi connectivity index (χ3n) is 4.29. The van der Waals surface area contributed by atoms with Crippen molar-refractivity contribution in [1.29, 1.82) is 0 Å². The van der Waals surface area contributed by atoms with Crippen LogP contribution in [0.3, 0.4) is 0 Å². The zero-order chi connectivity index (χ0) is 16.0. The normalized spacial score (nSPS) is 19.1. The van der Waals surface area contributed by atoms with Crippen LogP contribution < -0.4 is 4.90 Å². The molecule has 0 bridgehead atoms. The van der Waals surface area contributed by atoms with Gasteiger partial charge in [-0.25, -0.2) is 14.5 Å². The topological polar surface area (TPSA) is 64.1 Å². The molecule has 8 heteroatoms. The van der Waals surface area contributed by atoms with Crippen LogP contribution in [0.2, 0.25) is 0 Å². The van der Waals surface area contributed by atoms with Crippen LogP contribution >= 0.6 is 11.3 Å². The number of fused-ring (bicyclic) bond motifs is 1. The predicted molar refractivity (Wildman–Crippen MR) is 90.0 cm³/mol. The molecule has 4 rings (SSSR count). The van der Waals surface area contributed by atoms with Gasteiger partial charge in [0.15, 0.2) is 0 Å². The van der Waals surface area contributed by atoms with Crippen LogP contribution in [0.4, 0.5) is 5.13 Å². The number of hydrogen-bond acceptors (Lipinski definition) is 6. The first-order valence-electron chi connectivity index (χ1n) is 7.96. The summed E-state index contributed by atoms with van der Waals surface area (Å²) in [6.07, 6.45) is 7.77. The molecule has 1 unspecified atom stereocenters. The lowest BCUT2D eigenvalue weighted by molar-refractivity contribution is 0.507. The van der Waals surface area contributed by atoms with Crippen molar-refractivity contribution in [2.75, 3.05) is 11.4 Å². The number of rotatable bonds is 3. The Morgan fingerprint density at radius 3 is 2.91 bits per heavy atom. The summed E-state index contributed by atoms with van der Waals surface area (Å²) in [6, 6.07) is 0.426. The molecule has 3 aromatic heterocycles. The fourth-order valence-corrected chi connectivity index (χ4v) is 3.97. The molecular weight excluding hydrogens is 310 g/mol. The fourth-order valence-electron chi connectivity index (χ4n) is 2.99. The van der Waals surface area contributed by atoms with Crippen molar-refractivity contribution in [2.24, 2.45) is 0 Å². The van der Waals surface area contributed by atoms with E-state index in [0.717, 1.165) is 35.3 Å². The second-order valence-electron chi connectivity index (χ2n) is 7.09. The molecule has 1 aliphatic heterocycles. The van der Waals surface area contributed by atoms with Gasteiger partial charge in [0, 0.05) is 12.0 Å². The Labute approximate surface area is 139 Å². The Morgan fingerprint density at radius 2 is 2.22 bits per heavy atom. The Morgan fingerprint density at radius 1 is 1.35 bits per heavy atom. The van der Waals surface area contributed by atoms with E-state index in [9.17, 15) is 0 Å². The molecule has 0 spiro atoms. The molecule has 0 aliphatic carbocycles. The van der Waals surface area contributed by atoms with Crippen molar-refractivity contribution in [3.8, 4) is 0 Å². The zero-order valence-electron chi connectivity index (χ0n) is 13.7. The third kappa shape index (κ3) is 2.71. The standard InChI is InChI=1S/C15H21N7S/c1-15(2,3)12-8-22-13(18-12)23-14(19-22)21-6-4-5-11(21)7-20-10-16-9-17-20/h8-11H,4-7H2,1-3H3. The molecule has 122 valence electrons. The maximum Gasteiger partial charge on any atom is 0.214 e. The Balaban J connectivity index is 1.59. The average Bonchev–Trinajstić information content (AvgIpc) is 3.20. The number of anilines is 1. The Hall–Kier alpha value is -1.96. The van der Waals surface area contributed by atoms with Gasteiger partial charge in [0.25, 0.3) is 0 Å². The van der Waals surface area contributed by atoms with Crippen LogP contribution in [0.15, 0.2) is 18.9 Å². The average molecular weight is 331 g/mol. The number of aromatic nitrogens is 6. The summed E-state index contributed by atoms with van der Waals surface area (Å²) in [7, 11) is 0. The van der Waals surface area contributed by atoms with Gasteiger partial charge < -0.3 is 4.90 Å². The second kappa shape index (κ2) is 5.30. The van der Waals surface area contributed by atoms with Gasteiger partial charge in [-0.05, 0) is 12.8 Å². The molecule has 7 nitrogen and oxygen atoms in total. The molecule has 23 heavy (non-hydrogen) atoms. The van der Waals surface area contributed by atoms with Crippen LogP contribution in [0.1, 0.15) is 39.3 Å². The highest BCUT2D eigenvalue weighted by Gasteiger charge is 2.29. The molecule has 4 heterocycles. The molecular formula is C15H21N7S. The van der Waals surface area contributed by atoms with Gasteiger partial charge >= 0.3 is 0 Å². The lowest BCUT2D eigenvalue weighted by atomic mass is 9.93. The highest BCUT2D eigenvalue weighted by atomic mass is 32.1. The minimum Gasteiger partial charge on any atom is -0.342 e. The van der Waals surface area contributed by atoms with Crippen molar-refractivity contribution in [3.63, 3.8) is 0 Å². The van der Waals surface area contributed by atoms with Crippen LogP contribution in [0.25, 0.3) is 4.96 Å². The summed E-state index contributed by atoms with van der Waals surface area (Å²) in [5.74, 6) is 0. The Bertz CT molecular complexity index is 764. The zero-order valence-corrected chi connectivity index (χ0v) is 14.5. The lowest BCUT2D eigenvalue weighted by Crippen LogP contribution is -2.33. The maximum atomic E-state index is 4.76. The van der Waals surface area contributed by atoms with E-state index >= 15 is 0 Å². The van der Waals surface area contributed by atoms with Gasteiger partial charge in [-0.1, -0.05) is 32.1 Å². The largest absolute Gasteiger partial charge is 0.342 e. The van der Waals surface area contributed by atoms with Gasteiger partial charge in [-0.2, -0.15) is 5.10 Å². The summed E-state index contributed by atoms with van der Waals surface area (Å²) < 4.78 is 3.82. The molecule has 0 amide bonds. The van der Waals surface area contributed by atoms with E-state index in [1.165, 1.54) is 6.42 Å². The van der Waals surface area contributed by atoms with E-state index in [0.29, 0.717) is 6.04 Å². The smallest absolute Gasteiger partial charge is 0.214 e. The third-order valence-corrected chi connectivity index (χ3v) is 5.25. The quantitative estimate of drug-likeness (QED) is 0.737. The van der Waals surface area contributed by atoms with E-state index in [-0.39, 0.29) is 5.41 Å². The first kappa shape index (κ1) is 14.6. The minimum atomic E-state index is 0.0524. The van der Waals surface area contributed by atoms with Gasteiger partial charge in [0.05, 0.1) is 24.5 Å². The summed E-state index contributed by atoms with van der Waals surface area (Å²) in [4.78, 5) is 12.1. The molecule has 0 aromatic carbocycles. The summed E-state index contributed by atoms with van der Waals surface area (Å²) >= 11 is 1.67. The monoisotopic (exact) mass is 331 g/mol. The first-order chi connectivity index (χ1) is 11.0. The summed E-state index contributed by atoms with van der Waals surface area (Å²) in [5, 5.41) is 10.0.